The first-order chi connectivity index (χ1) is 10.5. The van der Waals surface area contributed by atoms with Gasteiger partial charge in [-0.05, 0) is 78.4 Å². The summed E-state index contributed by atoms with van der Waals surface area (Å²) in [5.41, 5.74) is 2.99. The second kappa shape index (κ2) is 7.40. The lowest BCUT2D eigenvalue weighted by molar-refractivity contribution is 0.0955. The van der Waals surface area contributed by atoms with Crippen LogP contribution in [-0.4, -0.2) is 18.4 Å². The normalized spacial score (nSPS) is 10.1. The van der Waals surface area contributed by atoms with Gasteiger partial charge in [0.05, 0.1) is 0 Å². The average molecular weight is 408 g/mol. The van der Waals surface area contributed by atoms with Crippen LogP contribution < -0.4 is 10.6 Å². The molecule has 0 fully saturated rings. The first-order valence-electron chi connectivity index (χ1n) is 6.97. The van der Waals surface area contributed by atoms with E-state index in [1.165, 1.54) is 0 Å². The summed E-state index contributed by atoms with van der Waals surface area (Å²) in [5, 5.41) is 5.56. The molecule has 2 rings (SSSR count). The highest BCUT2D eigenvalue weighted by Crippen LogP contribution is 2.16. The lowest BCUT2D eigenvalue weighted by Gasteiger charge is -2.08. The second-order valence-electron chi connectivity index (χ2n) is 4.85. The van der Waals surface area contributed by atoms with Gasteiger partial charge in [0.2, 0.25) is 0 Å². The minimum Gasteiger partial charge on any atom is -0.352 e. The molecule has 0 bridgehead atoms. The predicted molar refractivity (Wildman–Crippen MR) is 96.3 cm³/mol. The van der Waals surface area contributed by atoms with Crippen LogP contribution in [0.25, 0.3) is 0 Å². The smallest absolute Gasteiger partial charge is 0.255 e. The standard InChI is InChI=1S/C17H17IN2O2/c1-3-19-16(21)12-6-8-14(9-7-12)20-17(22)13-5-4-11(2)15(18)10-13/h4-10H,3H2,1-2H3,(H,19,21)(H,20,22). The van der Waals surface area contributed by atoms with Gasteiger partial charge < -0.3 is 10.6 Å². The van der Waals surface area contributed by atoms with E-state index in [0.29, 0.717) is 23.4 Å². The molecule has 0 aliphatic heterocycles. The van der Waals surface area contributed by atoms with Gasteiger partial charge in [0.25, 0.3) is 11.8 Å². The lowest BCUT2D eigenvalue weighted by Crippen LogP contribution is -2.22. The van der Waals surface area contributed by atoms with Crippen LogP contribution in [0.2, 0.25) is 0 Å². The molecule has 0 atom stereocenters. The quantitative estimate of drug-likeness (QED) is 0.760. The molecule has 0 aliphatic carbocycles. The monoisotopic (exact) mass is 408 g/mol. The largest absolute Gasteiger partial charge is 0.352 e. The number of hydrogen-bond donors (Lipinski definition) is 2. The Morgan fingerprint density at radius 3 is 2.23 bits per heavy atom. The Kier molecular flexibility index (Phi) is 5.54. The van der Waals surface area contributed by atoms with Gasteiger partial charge in [0.1, 0.15) is 0 Å². The van der Waals surface area contributed by atoms with E-state index in [2.05, 4.69) is 33.2 Å². The summed E-state index contributed by atoms with van der Waals surface area (Å²) in [6, 6.07) is 12.4. The summed E-state index contributed by atoms with van der Waals surface area (Å²) >= 11 is 2.21. The molecule has 2 aromatic carbocycles. The van der Waals surface area contributed by atoms with Crippen LogP contribution in [-0.2, 0) is 0 Å². The summed E-state index contributed by atoms with van der Waals surface area (Å²) in [6.07, 6.45) is 0. The number of hydrogen-bond acceptors (Lipinski definition) is 2. The molecule has 2 amide bonds. The van der Waals surface area contributed by atoms with Crippen LogP contribution in [0.4, 0.5) is 5.69 Å². The fourth-order valence-corrected chi connectivity index (χ4v) is 2.42. The maximum absolute atomic E-state index is 12.2. The van der Waals surface area contributed by atoms with Gasteiger partial charge in [-0.15, -0.1) is 0 Å². The molecule has 114 valence electrons. The van der Waals surface area contributed by atoms with Crippen LogP contribution in [0.5, 0.6) is 0 Å². The van der Waals surface area contributed by atoms with Crippen molar-refractivity contribution in [1.29, 1.82) is 0 Å². The third-order valence-electron chi connectivity index (χ3n) is 3.18. The maximum Gasteiger partial charge on any atom is 0.255 e. The number of nitrogens with one attached hydrogen (secondary N) is 2. The van der Waals surface area contributed by atoms with Gasteiger partial charge in [0.15, 0.2) is 0 Å². The van der Waals surface area contributed by atoms with Crippen molar-refractivity contribution >= 4 is 40.1 Å². The summed E-state index contributed by atoms with van der Waals surface area (Å²) in [7, 11) is 0. The molecule has 0 aromatic heterocycles. The molecule has 0 saturated heterocycles. The average Bonchev–Trinajstić information content (AvgIpc) is 2.51. The Labute approximate surface area is 143 Å². The number of carbonyl (C=O) groups excluding carboxylic acids is 2. The van der Waals surface area contributed by atoms with Gasteiger partial charge >= 0.3 is 0 Å². The van der Waals surface area contributed by atoms with Crippen LogP contribution in [0.1, 0.15) is 33.2 Å². The molecule has 4 nitrogen and oxygen atoms in total. The van der Waals surface area contributed by atoms with Crippen LogP contribution in [0.3, 0.4) is 0 Å². The molecule has 0 spiro atoms. The molecule has 0 unspecified atom stereocenters. The topological polar surface area (TPSA) is 58.2 Å². The Hall–Kier alpha value is -1.89. The van der Waals surface area contributed by atoms with Crippen molar-refractivity contribution in [2.75, 3.05) is 11.9 Å². The SMILES string of the molecule is CCNC(=O)c1ccc(NC(=O)c2ccc(C)c(I)c2)cc1. The van der Waals surface area contributed by atoms with E-state index in [1.54, 1.807) is 30.3 Å². The summed E-state index contributed by atoms with van der Waals surface area (Å²) in [6.45, 7) is 4.46. The van der Waals surface area contributed by atoms with Crippen molar-refractivity contribution in [1.82, 2.24) is 5.32 Å². The van der Waals surface area contributed by atoms with Crippen molar-refractivity contribution in [2.45, 2.75) is 13.8 Å². The maximum atomic E-state index is 12.2. The number of anilines is 1. The van der Waals surface area contributed by atoms with Crippen molar-refractivity contribution < 1.29 is 9.59 Å². The van der Waals surface area contributed by atoms with E-state index in [-0.39, 0.29) is 11.8 Å². The van der Waals surface area contributed by atoms with Crippen molar-refractivity contribution in [3.8, 4) is 0 Å². The lowest BCUT2D eigenvalue weighted by atomic mass is 10.1. The number of benzene rings is 2. The van der Waals surface area contributed by atoms with Gasteiger partial charge in [-0.25, -0.2) is 0 Å². The van der Waals surface area contributed by atoms with Crippen molar-refractivity contribution in [3.05, 3.63) is 62.7 Å². The third kappa shape index (κ3) is 4.07. The molecule has 5 heteroatoms. The Balaban J connectivity index is 2.08. The summed E-state index contributed by atoms with van der Waals surface area (Å²) in [5.74, 6) is -0.280. The highest BCUT2D eigenvalue weighted by Gasteiger charge is 2.09. The molecule has 0 saturated carbocycles. The minimum absolute atomic E-state index is 0.117. The Bertz CT molecular complexity index is 696. The highest BCUT2D eigenvalue weighted by molar-refractivity contribution is 14.1. The zero-order valence-electron chi connectivity index (χ0n) is 12.4. The minimum atomic E-state index is -0.163. The fraction of sp³-hybridized carbons (Fsp3) is 0.176. The van der Waals surface area contributed by atoms with Crippen LogP contribution in [0, 0.1) is 10.5 Å². The van der Waals surface area contributed by atoms with Crippen LogP contribution in [0.15, 0.2) is 42.5 Å². The molecule has 2 N–H and O–H groups in total. The van der Waals surface area contributed by atoms with E-state index in [9.17, 15) is 9.59 Å². The van der Waals surface area contributed by atoms with Gasteiger partial charge in [0, 0.05) is 26.9 Å². The molecule has 0 heterocycles. The van der Waals surface area contributed by atoms with E-state index >= 15 is 0 Å². The highest BCUT2D eigenvalue weighted by atomic mass is 127. The van der Waals surface area contributed by atoms with Crippen LogP contribution >= 0.6 is 22.6 Å². The molecule has 0 aliphatic rings. The fourth-order valence-electron chi connectivity index (χ4n) is 1.90. The van der Waals surface area contributed by atoms with Gasteiger partial charge in [-0.2, -0.15) is 0 Å². The number of carbonyl (C=O) groups is 2. The second-order valence-corrected chi connectivity index (χ2v) is 6.02. The predicted octanol–water partition coefficient (Wildman–Crippen LogP) is 3.60. The molecule has 0 radical (unpaired) electrons. The Morgan fingerprint density at radius 2 is 1.64 bits per heavy atom. The number of aryl methyl sites for hydroxylation is 1. The molecule has 22 heavy (non-hydrogen) atoms. The van der Waals surface area contributed by atoms with Gasteiger partial charge in [-0.3, -0.25) is 9.59 Å². The van der Waals surface area contributed by atoms with E-state index < -0.39 is 0 Å². The van der Waals surface area contributed by atoms with E-state index in [4.69, 9.17) is 0 Å². The molecule has 2 aromatic rings. The summed E-state index contributed by atoms with van der Waals surface area (Å²) in [4.78, 5) is 23.9. The number of halogens is 1. The van der Waals surface area contributed by atoms with Gasteiger partial charge in [-0.1, -0.05) is 6.07 Å². The van der Waals surface area contributed by atoms with Crippen molar-refractivity contribution in [2.24, 2.45) is 0 Å². The third-order valence-corrected chi connectivity index (χ3v) is 4.34. The zero-order chi connectivity index (χ0) is 16.1. The molecular formula is C17H17IN2O2. The van der Waals surface area contributed by atoms with E-state index in [1.807, 2.05) is 26.0 Å². The van der Waals surface area contributed by atoms with Crippen molar-refractivity contribution in [3.63, 3.8) is 0 Å². The van der Waals surface area contributed by atoms with E-state index in [0.717, 1.165) is 9.13 Å². The first-order valence-corrected chi connectivity index (χ1v) is 8.05. The number of amides is 2. The zero-order valence-corrected chi connectivity index (χ0v) is 14.6. The first kappa shape index (κ1) is 16.5. The number of rotatable bonds is 4. The summed E-state index contributed by atoms with van der Waals surface area (Å²) < 4.78 is 1.05. The Morgan fingerprint density at radius 1 is 1.00 bits per heavy atom. The molecular weight excluding hydrogens is 391 g/mol.